The first kappa shape index (κ1) is 13.3. The van der Waals surface area contributed by atoms with Gasteiger partial charge >= 0.3 is 5.97 Å². The minimum atomic E-state index is -0.468. The lowest BCUT2D eigenvalue weighted by Gasteiger charge is -2.04. The summed E-state index contributed by atoms with van der Waals surface area (Å²) in [5, 5.41) is 0. The van der Waals surface area contributed by atoms with Crippen LogP contribution in [-0.2, 0) is 4.74 Å². The summed E-state index contributed by atoms with van der Waals surface area (Å²) in [5.74, 6) is 0.181. The fourth-order valence-electron chi connectivity index (χ4n) is 2.04. The molecular weight excluding hydrogens is 242 g/mol. The molecule has 2 aromatic rings. The topological polar surface area (TPSA) is 52.3 Å². The van der Waals surface area contributed by atoms with Gasteiger partial charge in [0.1, 0.15) is 0 Å². The number of hydrogen-bond donors (Lipinski definition) is 0. The molecule has 0 spiro atoms. The molecule has 19 heavy (non-hydrogen) atoms. The summed E-state index contributed by atoms with van der Waals surface area (Å²) < 4.78 is 10.5. The Morgan fingerprint density at radius 3 is 2.47 bits per heavy atom. The van der Waals surface area contributed by atoms with Gasteiger partial charge in [-0.15, -0.1) is 0 Å². The van der Waals surface area contributed by atoms with E-state index >= 15 is 0 Å². The van der Waals surface area contributed by atoms with E-state index < -0.39 is 5.97 Å². The minimum absolute atomic E-state index is 0.180. The van der Waals surface area contributed by atoms with Crippen LogP contribution in [0.15, 0.2) is 22.6 Å². The van der Waals surface area contributed by atoms with Crippen molar-refractivity contribution < 1.29 is 13.9 Å². The van der Waals surface area contributed by atoms with Crippen LogP contribution in [0.4, 0.5) is 0 Å². The van der Waals surface area contributed by atoms with Crippen LogP contribution in [0.1, 0.15) is 34.3 Å². The lowest BCUT2D eigenvalue weighted by atomic mass is 10.0. The number of aromatic nitrogens is 1. The molecule has 1 aromatic carbocycles. The quantitative estimate of drug-likeness (QED) is 0.792. The Morgan fingerprint density at radius 1 is 1.26 bits per heavy atom. The first-order chi connectivity index (χ1) is 9.04. The molecule has 0 atom stereocenters. The molecule has 0 aliphatic rings. The smallest absolute Gasteiger partial charge is 0.376 e. The minimum Gasteiger partial charge on any atom is -0.460 e. The molecule has 0 radical (unpaired) electrons. The van der Waals surface area contributed by atoms with Crippen molar-refractivity contribution in [2.75, 3.05) is 6.61 Å². The Morgan fingerprint density at radius 2 is 1.89 bits per heavy atom. The number of oxazole rings is 1. The molecule has 0 N–H and O–H groups in total. The third kappa shape index (κ3) is 2.52. The molecule has 4 heteroatoms. The average molecular weight is 259 g/mol. The number of aryl methyl sites for hydroxylation is 3. The molecule has 0 fully saturated rings. The summed E-state index contributed by atoms with van der Waals surface area (Å²) in [7, 11) is 0. The molecule has 100 valence electrons. The molecule has 0 unspecified atom stereocenters. The summed E-state index contributed by atoms with van der Waals surface area (Å²) in [4.78, 5) is 16.1. The second-order valence-corrected chi connectivity index (χ2v) is 4.42. The standard InChI is InChI=1S/C15H17NO3/c1-5-18-15(17)13-11(4)16-14(19-13)12-9(2)7-6-8-10(12)3/h6-8H,5H2,1-4H3. The van der Waals surface area contributed by atoms with Crippen LogP contribution in [0.5, 0.6) is 0 Å². The zero-order valence-corrected chi connectivity index (χ0v) is 11.6. The number of carbonyl (C=O) groups excluding carboxylic acids is 1. The van der Waals surface area contributed by atoms with Gasteiger partial charge < -0.3 is 9.15 Å². The maximum atomic E-state index is 11.7. The highest BCUT2D eigenvalue weighted by atomic mass is 16.5. The Labute approximate surface area is 112 Å². The molecular formula is C15H17NO3. The van der Waals surface area contributed by atoms with Gasteiger partial charge in [0.2, 0.25) is 11.7 Å². The van der Waals surface area contributed by atoms with Crippen molar-refractivity contribution in [1.82, 2.24) is 4.98 Å². The van der Waals surface area contributed by atoms with Crippen molar-refractivity contribution >= 4 is 5.97 Å². The SMILES string of the molecule is CCOC(=O)c1oc(-c2c(C)cccc2C)nc1C. The second kappa shape index (κ2) is 5.26. The Kier molecular flexibility index (Phi) is 3.69. The molecule has 1 heterocycles. The van der Waals surface area contributed by atoms with E-state index in [0.29, 0.717) is 18.2 Å². The first-order valence-electron chi connectivity index (χ1n) is 6.25. The van der Waals surface area contributed by atoms with E-state index in [1.807, 2.05) is 32.0 Å². The second-order valence-electron chi connectivity index (χ2n) is 4.42. The summed E-state index contributed by atoms with van der Waals surface area (Å²) in [6, 6.07) is 5.97. The number of hydrogen-bond acceptors (Lipinski definition) is 4. The van der Waals surface area contributed by atoms with Crippen LogP contribution >= 0.6 is 0 Å². The molecule has 0 aliphatic heterocycles. The number of ether oxygens (including phenoxy) is 1. The number of rotatable bonds is 3. The van der Waals surface area contributed by atoms with Crippen LogP contribution < -0.4 is 0 Å². The maximum Gasteiger partial charge on any atom is 0.376 e. The van der Waals surface area contributed by atoms with E-state index in [0.717, 1.165) is 16.7 Å². The monoisotopic (exact) mass is 259 g/mol. The number of benzene rings is 1. The predicted molar refractivity (Wildman–Crippen MR) is 72.1 cm³/mol. The van der Waals surface area contributed by atoms with Gasteiger partial charge in [0, 0.05) is 5.56 Å². The van der Waals surface area contributed by atoms with E-state index in [1.165, 1.54) is 0 Å². The van der Waals surface area contributed by atoms with Gasteiger partial charge in [0.05, 0.1) is 12.3 Å². The van der Waals surface area contributed by atoms with Crippen LogP contribution in [0.2, 0.25) is 0 Å². The molecule has 0 amide bonds. The molecule has 1 aromatic heterocycles. The third-order valence-corrected chi connectivity index (χ3v) is 2.95. The van der Waals surface area contributed by atoms with Crippen molar-refractivity contribution in [2.24, 2.45) is 0 Å². The van der Waals surface area contributed by atoms with Gasteiger partial charge in [-0.3, -0.25) is 0 Å². The number of carbonyl (C=O) groups is 1. The van der Waals surface area contributed by atoms with Gasteiger partial charge in [-0.1, -0.05) is 18.2 Å². The first-order valence-corrected chi connectivity index (χ1v) is 6.25. The van der Waals surface area contributed by atoms with Crippen LogP contribution in [-0.4, -0.2) is 17.6 Å². The Hall–Kier alpha value is -2.10. The predicted octanol–water partition coefficient (Wildman–Crippen LogP) is 3.44. The van der Waals surface area contributed by atoms with Crippen LogP contribution in [0, 0.1) is 20.8 Å². The molecule has 2 rings (SSSR count). The zero-order chi connectivity index (χ0) is 14.0. The molecule has 0 bridgehead atoms. The molecule has 0 aliphatic carbocycles. The summed E-state index contributed by atoms with van der Waals surface area (Å²) >= 11 is 0. The summed E-state index contributed by atoms with van der Waals surface area (Å²) in [5.41, 5.74) is 3.62. The van der Waals surface area contributed by atoms with Crippen molar-refractivity contribution in [2.45, 2.75) is 27.7 Å². The normalized spacial score (nSPS) is 10.5. The fraction of sp³-hybridized carbons (Fsp3) is 0.333. The van der Waals surface area contributed by atoms with E-state index in [4.69, 9.17) is 9.15 Å². The highest BCUT2D eigenvalue weighted by Gasteiger charge is 2.20. The molecule has 0 saturated carbocycles. The van der Waals surface area contributed by atoms with Crippen molar-refractivity contribution in [1.29, 1.82) is 0 Å². The lowest BCUT2D eigenvalue weighted by Crippen LogP contribution is -2.04. The highest BCUT2D eigenvalue weighted by molar-refractivity contribution is 5.88. The Balaban J connectivity index is 2.48. The van der Waals surface area contributed by atoms with Crippen molar-refractivity contribution in [3.63, 3.8) is 0 Å². The van der Waals surface area contributed by atoms with Crippen LogP contribution in [0.25, 0.3) is 11.5 Å². The third-order valence-electron chi connectivity index (χ3n) is 2.95. The lowest BCUT2D eigenvalue weighted by molar-refractivity contribution is 0.0490. The van der Waals surface area contributed by atoms with E-state index in [2.05, 4.69) is 4.98 Å². The van der Waals surface area contributed by atoms with Crippen molar-refractivity contribution in [3.05, 3.63) is 40.8 Å². The maximum absolute atomic E-state index is 11.7. The van der Waals surface area contributed by atoms with E-state index in [1.54, 1.807) is 13.8 Å². The molecule has 4 nitrogen and oxygen atoms in total. The van der Waals surface area contributed by atoms with Crippen LogP contribution in [0.3, 0.4) is 0 Å². The van der Waals surface area contributed by atoms with Crippen molar-refractivity contribution in [3.8, 4) is 11.5 Å². The number of esters is 1. The zero-order valence-electron chi connectivity index (χ0n) is 11.6. The van der Waals surface area contributed by atoms with Gasteiger partial charge in [0.15, 0.2) is 0 Å². The van der Waals surface area contributed by atoms with Gasteiger partial charge in [-0.25, -0.2) is 9.78 Å². The van der Waals surface area contributed by atoms with Gasteiger partial charge in [-0.2, -0.15) is 0 Å². The van der Waals surface area contributed by atoms with Gasteiger partial charge in [0.25, 0.3) is 0 Å². The Bertz CT molecular complexity index is 594. The van der Waals surface area contributed by atoms with E-state index in [9.17, 15) is 4.79 Å². The highest BCUT2D eigenvalue weighted by Crippen LogP contribution is 2.28. The molecule has 0 saturated heterocycles. The largest absolute Gasteiger partial charge is 0.460 e. The van der Waals surface area contributed by atoms with Gasteiger partial charge in [-0.05, 0) is 38.8 Å². The fourth-order valence-corrected chi connectivity index (χ4v) is 2.04. The van der Waals surface area contributed by atoms with E-state index in [-0.39, 0.29) is 5.76 Å². The number of nitrogens with zero attached hydrogens (tertiary/aromatic N) is 1. The summed E-state index contributed by atoms with van der Waals surface area (Å²) in [6.07, 6.45) is 0. The average Bonchev–Trinajstić information content (AvgIpc) is 2.71. The summed E-state index contributed by atoms with van der Waals surface area (Å²) in [6.45, 7) is 7.80.